The lowest BCUT2D eigenvalue weighted by atomic mass is 9.88. The molecule has 0 spiro atoms. The first-order chi connectivity index (χ1) is 16.6. The van der Waals surface area contributed by atoms with Gasteiger partial charge in [-0.2, -0.15) is 5.26 Å². The van der Waals surface area contributed by atoms with Gasteiger partial charge in [-0.1, -0.05) is 12.1 Å². The fourth-order valence-electron chi connectivity index (χ4n) is 4.49. The Balaban J connectivity index is 1.41. The number of fused-ring (bicyclic) bond motifs is 1. The van der Waals surface area contributed by atoms with Gasteiger partial charge in [0.15, 0.2) is 0 Å². The number of benzene rings is 2. The van der Waals surface area contributed by atoms with Crippen LogP contribution in [0.4, 0.5) is 11.4 Å². The number of hydrogen-bond donors (Lipinski definition) is 3. The molecule has 2 aromatic rings. The lowest BCUT2D eigenvalue weighted by Crippen LogP contribution is -2.43. The number of imide groups is 1. The number of nitriles is 1. The zero-order valence-electron chi connectivity index (χ0n) is 18.7. The molecule has 0 atom stereocenters. The van der Waals surface area contributed by atoms with Crippen molar-refractivity contribution in [2.45, 2.75) is 12.8 Å². The third-order valence-electron chi connectivity index (χ3n) is 6.42. The average Bonchev–Trinajstić information content (AvgIpc) is 2.89. The van der Waals surface area contributed by atoms with E-state index in [1.807, 2.05) is 36.4 Å². The Bertz CT molecular complexity index is 1280. The molecule has 3 N–H and O–H groups in total. The maximum absolute atomic E-state index is 12.7. The first-order valence-electron chi connectivity index (χ1n) is 11.4. The third kappa shape index (κ3) is 4.36. The third-order valence-corrected chi connectivity index (χ3v) is 6.42. The SMILES string of the molecule is N#CC1=CC=C(c2ccc3c(c2)/C(=C/Nc2ccc(N4CCNCC4)cc2)C(=O)NC3=O)CC1. The van der Waals surface area contributed by atoms with Gasteiger partial charge in [0.25, 0.3) is 11.8 Å². The number of amides is 2. The summed E-state index contributed by atoms with van der Waals surface area (Å²) < 4.78 is 0. The molecule has 170 valence electrons. The molecule has 2 aromatic carbocycles. The number of piperazine rings is 1. The van der Waals surface area contributed by atoms with Crippen LogP contribution >= 0.6 is 0 Å². The molecule has 0 bridgehead atoms. The molecule has 34 heavy (non-hydrogen) atoms. The van der Waals surface area contributed by atoms with Crippen LogP contribution in [-0.2, 0) is 4.79 Å². The average molecular weight is 452 g/mol. The first kappa shape index (κ1) is 21.7. The second-order valence-corrected chi connectivity index (χ2v) is 8.53. The minimum Gasteiger partial charge on any atom is -0.369 e. The number of nitrogens with zero attached hydrogens (tertiary/aromatic N) is 2. The van der Waals surface area contributed by atoms with Crippen LogP contribution in [0.15, 0.2) is 66.4 Å². The van der Waals surface area contributed by atoms with Crippen LogP contribution in [0.25, 0.3) is 11.1 Å². The Morgan fingerprint density at radius 3 is 2.44 bits per heavy atom. The highest BCUT2D eigenvalue weighted by atomic mass is 16.2. The summed E-state index contributed by atoms with van der Waals surface area (Å²) in [6.07, 6.45) is 6.86. The number of carbonyl (C=O) groups is 2. The Morgan fingerprint density at radius 2 is 1.74 bits per heavy atom. The van der Waals surface area contributed by atoms with Crippen molar-refractivity contribution in [3.63, 3.8) is 0 Å². The Hall–Kier alpha value is -4.15. The molecule has 0 aromatic heterocycles. The summed E-state index contributed by atoms with van der Waals surface area (Å²) in [6, 6.07) is 15.9. The molecule has 0 radical (unpaired) electrons. The molecule has 7 nitrogen and oxygen atoms in total. The second-order valence-electron chi connectivity index (χ2n) is 8.53. The number of anilines is 2. The molecule has 1 aliphatic carbocycles. The molecule has 5 rings (SSSR count). The molecule has 0 saturated carbocycles. The van der Waals surface area contributed by atoms with E-state index in [0.29, 0.717) is 23.1 Å². The van der Waals surface area contributed by atoms with E-state index >= 15 is 0 Å². The van der Waals surface area contributed by atoms with E-state index in [-0.39, 0.29) is 0 Å². The van der Waals surface area contributed by atoms with E-state index in [1.54, 1.807) is 12.3 Å². The van der Waals surface area contributed by atoms with Crippen LogP contribution in [0.5, 0.6) is 0 Å². The lowest BCUT2D eigenvalue weighted by Gasteiger charge is -2.29. The van der Waals surface area contributed by atoms with Crippen molar-refractivity contribution < 1.29 is 9.59 Å². The van der Waals surface area contributed by atoms with Crippen LogP contribution in [0.1, 0.15) is 34.3 Å². The van der Waals surface area contributed by atoms with Gasteiger partial charge in [-0.3, -0.25) is 14.9 Å². The quantitative estimate of drug-likeness (QED) is 0.487. The molecular weight excluding hydrogens is 426 g/mol. The number of allylic oxidation sites excluding steroid dienone is 4. The minimum atomic E-state index is -0.427. The van der Waals surface area contributed by atoms with E-state index in [9.17, 15) is 9.59 Å². The second kappa shape index (κ2) is 9.38. The van der Waals surface area contributed by atoms with Crippen molar-refractivity contribution >= 4 is 34.3 Å². The van der Waals surface area contributed by atoms with Crippen molar-refractivity contribution in [1.82, 2.24) is 10.6 Å². The van der Waals surface area contributed by atoms with E-state index < -0.39 is 11.8 Å². The van der Waals surface area contributed by atoms with Gasteiger partial charge in [0, 0.05) is 60.5 Å². The van der Waals surface area contributed by atoms with Gasteiger partial charge in [-0.05, 0) is 66.5 Å². The molecule has 0 unspecified atom stereocenters. The van der Waals surface area contributed by atoms with Gasteiger partial charge < -0.3 is 15.5 Å². The van der Waals surface area contributed by atoms with Crippen molar-refractivity contribution in [3.05, 3.63) is 83.1 Å². The van der Waals surface area contributed by atoms with Crippen molar-refractivity contribution in [1.29, 1.82) is 5.26 Å². The number of hydrogen-bond acceptors (Lipinski definition) is 6. The zero-order valence-corrected chi connectivity index (χ0v) is 18.7. The predicted octanol–water partition coefficient (Wildman–Crippen LogP) is 3.45. The fraction of sp³-hybridized carbons (Fsp3) is 0.222. The van der Waals surface area contributed by atoms with Gasteiger partial charge in [0.05, 0.1) is 11.6 Å². The maximum Gasteiger partial charge on any atom is 0.260 e. The molecule has 2 aliphatic heterocycles. The highest BCUT2D eigenvalue weighted by molar-refractivity contribution is 6.31. The Morgan fingerprint density at radius 1 is 0.941 bits per heavy atom. The zero-order chi connectivity index (χ0) is 23.5. The molecular formula is C27H25N5O2. The van der Waals surface area contributed by atoms with Gasteiger partial charge in [0.2, 0.25) is 0 Å². The lowest BCUT2D eigenvalue weighted by molar-refractivity contribution is -0.114. The largest absolute Gasteiger partial charge is 0.369 e. The monoisotopic (exact) mass is 451 g/mol. The van der Waals surface area contributed by atoms with Crippen LogP contribution in [0.3, 0.4) is 0 Å². The van der Waals surface area contributed by atoms with Crippen molar-refractivity contribution in [3.8, 4) is 6.07 Å². The summed E-state index contributed by atoms with van der Waals surface area (Å²) in [7, 11) is 0. The summed E-state index contributed by atoms with van der Waals surface area (Å²) in [5.41, 5.74) is 6.29. The summed E-state index contributed by atoms with van der Waals surface area (Å²) in [5.74, 6) is -0.822. The molecule has 3 aliphatic rings. The van der Waals surface area contributed by atoms with Gasteiger partial charge in [0.1, 0.15) is 0 Å². The highest BCUT2D eigenvalue weighted by Crippen LogP contribution is 2.32. The smallest absolute Gasteiger partial charge is 0.260 e. The standard InChI is InChI=1S/C27H25N5O2/c28-16-18-1-3-19(4-2-18)20-5-10-23-24(15-20)25(27(34)31-26(23)33)17-30-21-6-8-22(9-7-21)32-13-11-29-12-14-32/h1,3,5-10,15,17,29-30H,2,4,11-14H2,(H,31,33,34)/b25-17-. The number of rotatable bonds is 4. The van der Waals surface area contributed by atoms with E-state index in [2.05, 4.69) is 39.1 Å². The number of nitrogens with one attached hydrogen (secondary N) is 3. The Kier molecular flexibility index (Phi) is 5.98. The van der Waals surface area contributed by atoms with Crippen LogP contribution in [0.2, 0.25) is 0 Å². The fourth-order valence-corrected chi connectivity index (χ4v) is 4.49. The Labute approximate surface area is 198 Å². The van der Waals surface area contributed by atoms with Crippen molar-refractivity contribution in [2.24, 2.45) is 0 Å². The summed E-state index contributed by atoms with van der Waals surface area (Å²) in [5, 5.41) is 18.1. The van der Waals surface area contributed by atoms with Crippen LogP contribution < -0.4 is 20.9 Å². The summed E-state index contributed by atoms with van der Waals surface area (Å²) >= 11 is 0. The van der Waals surface area contributed by atoms with E-state index in [4.69, 9.17) is 5.26 Å². The van der Waals surface area contributed by atoms with E-state index in [0.717, 1.165) is 55.0 Å². The molecule has 7 heteroatoms. The summed E-state index contributed by atoms with van der Waals surface area (Å²) in [6.45, 7) is 3.92. The van der Waals surface area contributed by atoms with E-state index in [1.165, 1.54) is 5.69 Å². The molecule has 1 fully saturated rings. The highest BCUT2D eigenvalue weighted by Gasteiger charge is 2.28. The first-order valence-corrected chi connectivity index (χ1v) is 11.4. The minimum absolute atomic E-state index is 0.395. The number of carbonyl (C=O) groups excluding carboxylic acids is 2. The molecule has 2 amide bonds. The molecule has 1 saturated heterocycles. The normalized spacial score (nSPS) is 19.0. The van der Waals surface area contributed by atoms with Crippen LogP contribution in [-0.4, -0.2) is 38.0 Å². The van der Waals surface area contributed by atoms with Crippen molar-refractivity contribution in [2.75, 3.05) is 36.4 Å². The van der Waals surface area contributed by atoms with Crippen LogP contribution in [0, 0.1) is 11.3 Å². The summed E-state index contributed by atoms with van der Waals surface area (Å²) in [4.78, 5) is 27.5. The van der Waals surface area contributed by atoms with Gasteiger partial charge >= 0.3 is 0 Å². The molecule has 2 heterocycles. The predicted molar refractivity (Wildman–Crippen MR) is 133 cm³/mol. The van der Waals surface area contributed by atoms with Gasteiger partial charge in [-0.15, -0.1) is 0 Å². The topological polar surface area (TPSA) is 97.3 Å². The maximum atomic E-state index is 12.7. The van der Waals surface area contributed by atoms with Gasteiger partial charge in [-0.25, -0.2) is 0 Å².